The minimum Gasteiger partial charge on any atom is -0.460 e. The van der Waals surface area contributed by atoms with E-state index in [0.29, 0.717) is 11.1 Å². The van der Waals surface area contributed by atoms with Gasteiger partial charge in [0.05, 0.1) is 0 Å². The largest absolute Gasteiger partial charge is 0.460 e. The summed E-state index contributed by atoms with van der Waals surface area (Å²) in [5, 5.41) is 0. The lowest BCUT2D eigenvalue weighted by molar-refractivity contribution is -0.145. The van der Waals surface area contributed by atoms with Gasteiger partial charge in [0.2, 0.25) is 0 Å². The molecule has 0 heterocycles. The average Bonchev–Trinajstić information content (AvgIpc) is 2.69. The van der Waals surface area contributed by atoms with Crippen molar-refractivity contribution in [1.29, 1.82) is 0 Å². The number of aryl methyl sites for hydroxylation is 1. The summed E-state index contributed by atoms with van der Waals surface area (Å²) in [6.07, 6.45) is 0. The second-order valence-corrected chi connectivity index (χ2v) is 6.17. The van der Waals surface area contributed by atoms with Gasteiger partial charge in [0.15, 0.2) is 5.78 Å². The first-order chi connectivity index (χ1) is 12.6. The number of benzene rings is 3. The van der Waals surface area contributed by atoms with Crippen LogP contribution in [-0.2, 0) is 16.1 Å². The molecule has 3 nitrogen and oxygen atoms in total. The second kappa shape index (κ2) is 8.26. The highest BCUT2D eigenvalue weighted by atomic mass is 16.5. The standard InChI is InChI=1S/C23H20O3/c1-17-12-14-19(15-13-17)21(22(24)20-10-6-3-7-11-20)23(25)26-16-18-8-4-2-5-9-18/h2-15,21H,16H2,1H3. The zero-order valence-electron chi connectivity index (χ0n) is 14.6. The molecule has 3 aromatic rings. The summed E-state index contributed by atoms with van der Waals surface area (Å²) < 4.78 is 5.46. The number of ketones is 1. The van der Waals surface area contributed by atoms with Crippen LogP contribution in [-0.4, -0.2) is 11.8 Å². The van der Waals surface area contributed by atoms with Crippen molar-refractivity contribution in [3.05, 3.63) is 107 Å². The summed E-state index contributed by atoms with van der Waals surface area (Å²) in [7, 11) is 0. The zero-order valence-corrected chi connectivity index (χ0v) is 14.6. The molecular weight excluding hydrogens is 324 g/mol. The molecule has 0 radical (unpaired) electrons. The number of esters is 1. The average molecular weight is 344 g/mol. The lowest BCUT2D eigenvalue weighted by Crippen LogP contribution is -2.24. The molecule has 3 heteroatoms. The van der Waals surface area contributed by atoms with E-state index in [0.717, 1.165) is 11.1 Å². The summed E-state index contributed by atoms with van der Waals surface area (Å²) in [5.74, 6) is -1.76. The van der Waals surface area contributed by atoms with Gasteiger partial charge in [0, 0.05) is 5.56 Å². The van der Waals surface area contributed by atoms with Crippen molar-refractivity contribution >= 4 is 11.8 Å². The number of ether oxygens (including phenoxy) is 1. The highest BCUT2D eigenvalue weighted by Crippen LogP contribution is 2.24. The molecule has 0 N–H and O–H groups in total. The summed E-state index contributed by atoms with van der Waals surface area (Å²) in [6, 6.07) is 25.7. The Bertz CT molecular complexity index is 868. The van der Waals surface area contributed by atoms with E-state index in [-0.39, 0.29) is 12.4 Å². The molecule has 0 amide bonds. The normalized spacial score (nSPS) is 11.6. The molecule has 3 rings (SSSR count). The van der Waals surface area contributed by atoms with Gasteiger partial charge in [-0.05, 0) is 18.1 Å². The van der Waals surface area contributed by atoms with Crippen LogP contribution in [0.15, 0.2) is 84.9 Å². The fraction of sp³-hybridized carbons (Fsp3) is 0.130. The SMILES string of the molecule is Cc1ccc(C(C(=O)OCc2ccccc2)C(=O)c2ccccc2)cc1. The maximum absolute atomic E-state index is 13.0. The fourth-order valence-electron chi connectivity index (χ4n) is 2.73. The molecule has 0 aliphatic rings. The predicted octanol–water partition coefficient (Wildman–Crippen LogP) is 4.70. The van der Waals surface area contributed by atoms with E-state index in [1.807, 2.05) is 67.6 Å². The van der Waals surface area contributed by atoms with Crippen molar-refractivity contribution < 1.29 is 14.3 Å². The molecule has 0 spiro atoms. The van der Waals surface area contributed by atoms with Gasteiger partial charge >= 0.3 is 5.97 Å². The summed E-state index contributed by atoms with van der Waals surface area (Å²) >= 11 is 0. The first-order valence-electron chi connectivity index (χ1n) is 8.51. The molecule has 0 saturated heterocycles. The van der Waals surface area contributed by atoms with Gasteiger partial charge in [-0.3, -0.25) is 9.59 Å². The van der Waals surface area contributed by atoms with Crippen molar-refractivity contribution in [3.63, 3.8) is 0 Å². The van der Waals surface area contributed by atoms with Crippen LogP contribution in [0.25, 0.3) is 0 Å². The van der Waals surface area contributed by atoms with Crippen LogP contribution >= 0.6 is 0 Å². The van der Waals surface area contributed by atoms with E-state index in [9.17, 15) is 9.59 Å². The Morgan fingerprint density at radius 1 is 0.808 bits per heavy atom. The number of carbonyl (C=O) groups is 2. The van der Waals surface area contributed by atoms with E-state index in [2.05, 4.69) is 0 Å². The number of Topliss-reactive ketones (excluding diaryl/α,β-unsaturated/α-hetero) is 1. The molecule has 26 heavy (non-hydrogen) atoms. The Kier molecular flexibility index (Phi) is 5.59. The predicted molar refractivity (Wildman–Crippen MR) is 101 cm³/mol. The van der Waals surface area contributed by atoms with Gasteiger partial charge in [-0.15, -0.1) is 0 Å². The Labute approximate surface area is 153 Å². The maximum atomic E-state index is 13.0. The van der Waals surface area contributed by atoms with Crippen molar-refractivity contribution in [2.24, 2.45) is 0 Å². The molecule has 0 bridgehead atoms. The van der Waals surface area contributed by atoms with E-state index in [1.54, 1.807) is 24.3 Å². The lowest BCUT2D eigenvalue weighted by Gasteiger charge is -2.16. The third kappa shape index (κ3) is 4.25. The topological polar surface area (TPSA) is 43.4 Å². The Balaban J connectivity index is 1.86. The fourth-order valence-corrected chi connectivity index (χ4v) is 2.73. The van der Waals surface area contributed by atoms with Crippen LogP contribution in [0.4, 0.5) is 0 Å². The summed E-state index contributed by atoms with van der Waals surface area (Å²) in [6.45, 7) is 2.11. The van der Waals surface area contributed by atoms with Crippen LogP contribution in [0, 0.1) is 6.92 Å². The molecule has 1 atom stereocenters. The third-order valence-electron chi connectivity index (χ3n) is 4.19. The smallest absolute Gasteiger partial charge is 0.321 e. The second-order valence-electron chi connectivity index (χ2n) is 6.17. The first kappa shape index (κ1) is 17.6. The van der Waals surface area contributed by atoms with Gasteiger partial charge in [-0.2, -0.15) is 0 Å². The maximum Gasteiger partial charge on any atom is 0.321 e. The summed E-state index contributed by atoms with van der Waals surface area (Å²) in [4.78, 5) is 25.8. The number of rotatable bonds is 6. The van der Waals surface area contributed by atoms with E-state index in [4.69, 9.17) is 4.74 Å². The third-order valence-corrected chi connectivity index (χ3v) is 4.19. The molecular formula is C23H20O3. The van der Waals surface area contributed by atoms with Crippen LogP contribution < -0.4 is 0 Å². The van der Waals surface area contributed by atoms with Gasteiger partial charge < -0.3 is 4.74 Å². The quantitative estimate of drug-likeness (QED) is 0.370. The molecule has 3 aromatic carbocycles. The zero-order chi connectivity index (χ0) is 18.4. The van der Waals surface area contributed by atoms with Crippen molar-refractivity contribution in [2.45, 2.75) is 19.4 Å². The molecule has 0 fully saturated rings. The van der Waals surface area contributed by atoms with E-state index < -0.39 is 11.9 Å². The summed E-state index contributed by atoms with van der Waals surface area (Å²) in [5.41, 5.74) is 3.09. The van der Waals surface area contributed by atoms with Crippen molar-refractivity contribution in [2.75, 3.05) is 0 Å². The van der Waals surface area contributed by atoms with Gasteiger partial charge in [0.25, 0.3) is 0 Å². The number of carbonyl (C=O) groups excluding carboxylic acids is 2. The highest BCUT2D eigenvalue weighted by molar-refractivity contribution is 6.12. The van der Waals surface area contributed by atoms with Gasteiger partial charge in [-0.1, -0.05) is 90.5 Å². The highest BCUT2D eigenvalue weighted by Gasteiger charge is 2.30. The van der Waals surface area contributed by atoms with Gasteiger partial charge in [-0.25, -0.2) is 0 Å². The minimum atomic E-state index is -0.971. The van der Waals surface area contributed by atoms with E-state index >= 15 is 0 Å². The molecule has 130 valence electrons. The van der Waals surface area contributed by atoms with Crippen molar-refractivity contribution in [3.8, 4) is 0 Å². The van der Waals surface area contributed by atoms with Crippen molar-refractivity contribution in [1.82, 2.24) is 0 Å². The number of hydrogen-bond donors (Lipinski definition) is 0. The molecule has 1 unspecified atom stereocenters. The Morgan fingerprint density at radius 2 is 1.38 bits per heavy atom. The van der Waals surface area contributed by atoms with Crippen LogP contribution in [0.2, 0.25) is 0 Å². The van der Waals surface area contributed by atoms with Crippen LogP contribution in [0.1, 0.15) is 33.0 Å². The molecule has 0 aromatic heterocycles. The molecule has 0 aliphatic heterocycles. The molecule has 0 saturated carbocycles. The monoisotopic (exact) mass is 344 g/mol. The van der Waals surface area contributed by atoms with Crippen LogP contribution in [0.5, 0.6) is 0 Å². The Morgan fingerprint density at radius 3 is 2.00 bits per heavy atom. The van der Waals surface area contributed by atoms with Gasteiger partial charge in [0.1, 0.15) is 12.5 Å². The van der Waals surface area contributed by atoms with E-state index in [1.165, 1.54) is 0 Å². The number of hydrogen-bond acceptors (Lipinski definition) is 3. The Hall–Kier alpha value is -3.20. The lowest BCUT2D eigenvalue weighted by atomic mass is 9.90. The molecule has 0 aliphatic carbocycles. The first-order valence-corrected chi connectivity index (χ1v) is 8.51. The van der Waals surface area contributed by atoms with Crippen LogP contribution in [0.3, 0.4) is 0 Å². The minimum absolute atomic E-state index is 0.143.